The van der Waals surface area contributed by atoms with E-state index < -0.39 is 32.5 Å². The zero-order valence-electron chi connectivity index (χ0n) is 33.6. The fourth-order valence-corrected chi connectivity index (χ4v) is 6.41. The second-order valence-electron chi connectivity index (χ2n) is 13.9. The van der Waals surface area contributed by atoms with Crippen LogP contribution in [0.2, 0.25) is 0 Å². The van der Waals surface area contributed by atoms with E-state index in [1.165, 1.54) is 64.2 Å². The number of carbonyl (C=O) groups is 2. The number of carbonyl (C=O) groups excluding carboxylic acids is 2. The molecule has 0 spiro atoms. The molecule has 0 aromatic heterocycles. The highest BCUT2D eigenvalue weighted by atomic mass is 31.2. The standard InChI is InChI=1S/C43H74NO9P/c1-3-5-7-8-9-10-11-12-16-19-22-25-29-33-42(45)49-37-39(38-51-54(47,48)50-36-35-44)52-43(46)34-30-26-23-20-17-14-13-15-18-21-24-28-32-41-40(53-41)31-27-6-4-2/h6,14-15,17-18,23-24,26-28,39-41H,3-5,7-13,16,19-22,25,29-38,44H2,1-2H3,(H,47,48)/b17-14-,18-15-,26-23-,27-6-,28-24-/t39-,40?,41?/m1/s1. The molecule has 54 heavy (non-hydrogen) atoms. The average Bonchev–Trinajstić information content (AvgIpc) is 3.91. The predicted octanol–water partition coefficient (Wildman–Crippen LogP) is 10.7. The van der Waals surface area contributed by atoms with Crippen LogP contribution in [0.3, 0.4) is 0 Å². The van der Waals surface area contributed by atoms with Crippen LogP contribution in [-0.2, 0) is 37.4 Å². The predicted molar refractivity (Wildman–Crippen MR) is 219 cm³/mol. The molecule has 1 fully saturated rings. The quantitative estimate of drug-likeness (QED) is 0.0205. The minimum Gasteiger partial charge on any atom is -0.462 e. The highest BCUT2D eigenvalue weighted by Gasteiger charge is 2.36. The molecular weight excluding hydrogens is 705 g/mol. The first-order chi connectivity index (χ1) is 26.3. The van der Waals surface area contributed by atoms with Crippen molar-refractivity contribution < 1.29 is 42.3 Å². The SMILES string of the molecule is CC/C=C\CC1OC1C/C=C\C/C=C\C/C=C\C/C=C\CCC(=O)O[C@H](COC(=O)CCCCCCCCCCCCCCC)COP(=O)(O)OCCN. The summed E-state index contributed by atoms with van der Waals surface area (Å²) in [6.07, 6.45) is 43.0. The van der Waals surface area contributed by atoms with Gasteiger partial charge in [0.1, 0.15) is 6.61 Å². The van der Waals surface area contributed by atoms with Gasteiger partial charge in [0.2, 0.25) is 0 Å². The van der Waals surface area contributed by atoms with E-state index in [1.807, 2.05) is 12.2 Å². The highest BCUT2D eigenvalue weighted by molar-refractivity contribution is 7.47. The fraction of sp³-hybridized carbons (Fsp3) is 0.721. The van der Waals surface area contributed by atoms with Gasteiger partial charge < -0.3 is 24.8 Å². The van der Waals surface area contributed by atoms with Crippen LogP contribution < -0.4 is 5.73 Å². The summed E-state index contributed by atoms with van der Waals surface area (Å²) >= 11 is 0. The lowest BCUT2D eigenvalue weighted by atomic mass is 10.0. The molecule has 1 heterocycles. The van der Waals surface area contributed by atoms with Gasteiger partial charge in [0.05, 0.1) is 25.4 Å². The number of allylic oxidation sites excluding steroid dienone is 8. The van der Waals surface area contributed by atoms with E-state index in [0.29, 0.717) is 18.6 Å². The van der Waals surface area contributed by atoms with Crippen molar-refractivity contribution in [1.29, 1.82) is 0 Å². The minimum atomic E-state index is -4.40. The van der Waals surface area contributed by atoms with E-state index >= 15 is 0 Å². The summed E-state index contributed by atoms with van der Waals surface area (Å²) < 4.78 is 38.3. The monoisotopic (exact) mass is 780 g/mol. The Morgan fingerprint density at radius 3 is 1.74 bits per heavy atom. The van der Waals surface area contributed by atoms with Crippen molar-refractivity contribution in [1.82, 2.24) is 0 Å². The van der Waals surface area contributed by atoms with Gasteiger partial charge in [-0.1, -0.05) is 152 Å². The van der Waals surface area contributed by atoms with Gasteiger partial charge in [0, 0.05) is 19.4 Å². The van der Waals surface area contributed by atoms with Gasteiger partial charge in [-0.2, -0.15) is 0 Å². The Morgan fingerprint density at radius 1 is 0.667 bits per heavy atom. The van der Waals surface area contributed by atoms with E-state index in [9.17, 15) is 19.0 Å². The third-order valence-corrected chi connectivity index (χ3v) is 9.82. The number of esters is 2. The number of epoxide rings is 1. The molecule has 0 aromatic carbocycles. The summed E-state index contributed by atoms with van der Waals surface area (Å²) in [5, 5.41) is 0. The maximum atomic E-state index is 12.5. The summed E-state index contributed by atoms with van der Waals surface area (Å²) in [6, 6.07) is 0. The number of hydrogen-bond donors (Lipinski definition) is 2. The van der Waals surface area contributed by atoms with Crippen molar-refractivity contribution in [3.63, 3.8) is 0 Å². The van der Waals surface area contributed by atoms with Gasteiger partial charge in [-0.05, 0) is 51.4 Å². The molecule has 0 amide bonds. The molecule has 1 aliphatic heterocycles. The Kier molecular flexibility index (Phi) is 32.3. The number of ether oxygens (including phenoxy) is 3. The zero-order chi connectivity index (χ0) is 39.4. The smallest absolute Gasteiger partial charge is 0.462 e. The van der Waals surface area contributed by atoms with Crippen molar-refractivity contribution in [3.8, 4) is 0 Å². The molecule has 0 aliphatic carbocycles. The molecule has 310 valence electrons. The van der Waals surface area contributed by atoms with Crippen LogP contribution in [0.1, 0.15) is 155 Å². The van der Waals surface area contributed by atoms with E-state index in [1.54, 1.807) is 0 Å². The highest BCUT2D eigenvalue weighted by Crippen LogP contribution is 2.43. The lowest BCUT2D eigenvalue weighted by Gasteiger charge is -2.19. The fourth-order valence-electron chi connectivity index (χ4n) is 5.64. The molecule has 4 atom stereocenters. The molecule has 0 bridgehead atoms. The van der Waals surface area contributed by atoms with Gasteiger partial charge >= 0.3 is 19.8 Å². The van der Waals surface area contributed by atoms with E-state index in [2.05, 4.69) is 62.5 Å². The third-order valence-electron chi connectivity index (χ3n) is 8.83. The Balaban J connectivity index is 2.24. The zero-order valence-corrected chi connectivity index (χ0v) is 34.5. The molecule has 1 rings (SSSR count). The van der Waals surface area contributed by atoms with Crippen LogP contribution in [-0.4, -0.2) is 61.5 Å². The average molecular weight is 780 g/mol. The first kappa shape index (κ1) is 49.7. The molecule has 1 aliphatic rings. The summed E-state index contributed by atoms with van der Waals surface area (Å²) in [5.74, 6) is -0.933. The second-order valence-corrected chi connectivity index (χ2v) is 15.3. The van der Waals surface area contributed by atoms with Gasteiger partial charge in [0.15, 0.2) is 6.10 Å². The maximum absolute atomic E-state index is 12.5. The molecule has 10 nitrogen and oxygen atoms in total. The van der Waals surface area contributed by atoms with Crippen molar-refractivity contribution in [3.05, 3.63) is 60.8 Å². The molecule has 3 N–H and O–H groups in total. The third kappa shape index (κ3) is 32.0. The normalized spacial score (nSPS) is 17.7. The first-order valence-electron chi connectivity index (χ1n) is 20.9. The first-order valence-corrected chi connectivity index (χ1v) is 22.4. The largest absolute Gasteiger partial charge is 0.472 e. The molecule has 0 aromatic rings. The lowest BCUT2D eigenvalue weighted by Crippen LogP contribution is -2.29. The summed E-state index contributed by atoms with van der Waals surface area (Å²) in [7, 11) is -4.40. The molecule has 3 unspecified atom stereocenters. The van der Waals surface area contributed by atoms with Gasteiger partial charge in [-0.3, -0.25) is 18.6 Å². The van der Waals surface area contributed by atoms with Gasteiger partial charge in [-0.25, -0.2) is 4.57 Å². The molecule has 0 radical (unpaired) electrons. The van der Waals surface area contributed by atoms with E-state index in [-0.39, 0.29) is 32.6 Å². The van der Waals surface area contributed by atoms with Crippen LogP contribution in [0.4, 0.5) is 0 Å². The van der Waals surface area contributed by atoms with Crippen molar-refractivity contribution in [2.45, 2.75) is 173 Å². The molecular formula is C43H74NO9P. The number of nitrogens with two attached hydrogens (primary N) is 1. The van der Waals surface area contributed by atoms with E-state index in [4.69, 9.17) is 29.0 Å². The van der Waals surface area contributed by atoms with Gasteiger partial charge in [0.25, 0.3) is 0 Å². The summed E-state index contributed by atoms with van der Waals surface area (Å²) in [4.78, 5) is 34.8. The summed E-state index contributed by atoms with van der Waals surface area (Å²) in [5.41, 5.74) is 5.33. The van der Waals surface area contributed by atoms with Crippen LogP contribution in [0.5, 0.6) is 0 Å². The Labute approximate surface area is 327 Å². The Hall–Kier alpha value is -2.33. The summed E-state index contributed by atoms with van der Waals surface area (Å²) in [6.45, 7) is 3.51. The number of hydrogen-bond acceptors (Lipinski definition) is 9. The number of rotatable bonds is 37. The van der Waals surface area contributed by atoms with Crippen LogP contribution in [0.15, 0.2) is 60.8 Å². The lowest BCUT2D eigenvalue weighted by molar-refractivity contribution is -0.161. The van der Waals surface area contributed by atoms with Gasteiger partial charge in [-0.15, -0.1) is 0 Å². The van der Waals surface area contributed by atoms with Crippen LogP contribution in [0, 0.1) is 0 Å². The van der Waals surface area contributed by atoms with Crippen LogP contribution in [0.25, 0.3) is 0 Å². The van der Waals surface area contributed by atoms with Crippen LogP contribution >= 0.6 is 7.82 Å². The Bertz CT molecular complexity index is 1140. The Morgan fingerprint density at radius 2 is 1.19 bits per heavy atom. The number of phosphoric acid groups is 1. The maximum Gasteiger partial charge on any atom is 0.472 e. The topological polar surface area (TPSA) is 147 Å². The molecule has 11 heteroatoms. The molecule has 1 saturated heterocycles. The second kappa shape index (κ2) is 35.1. The van der Waals surface area contributed by atoms with E-state index in [0.717, 1.165) is 57.8 Å². The molecule has 0 saturated carbocycles. The van der Waals surface area contributed by atoms with Crippen molar-refractivity contribution >= 4 is 19.8 Å². The minimum absolute atomic E-state index is 0.0384. The van der Waals surface area contributed by atoms with Crippen molar-refractivity contribution in [2.24, 2.45) is 5.73 Å². The number of phosphoric ester groups is 1. The van der Waals surface area contributed by atoms with Crippen molar-refractivity contribution in [2.75, 3.05) is 26.4 Å². The number of unbranched alkanes of at least 4 members (excludes halogenated alkanes) is 12.